The predicted octanol–water partition coefficient (Wildman–Crippen LogP) is 3.51. The number of carbonyl (C=O) groups is 1. The molecule has 132 valence electrons. The van der Waals surface area contributed by atoms with E-state index in [9.17, 15) is 9.18 Å². The van der Waals surface area contributed by atoms with Gasteiger partial charge in [-0.05, 0) is 30.3 Å². The van der Waals surface area contributed by atoms with Gasteiger partial charge in [-0.15, -0.1) is 0 Å². The minimum absolute atomic E-state index is 0.00773. The van der Waals surface area contributed by atoms with Gasteiger partial charge in [0, 0.05) is 7.05 Å². The fourth-order valence-corrected chi connectivity index (χ4v) is 2.38. The third-order valence-corrected chi connectivity index (χ3v) is 3.74. The van der Waals surface area contributed by atoms with Gasteiger partial charge in [0.25, 0.3) is 5.91 Å². The average molecular weight is 375 g/mol. The Morgan fingerprint density at radius 2 is 2.27 bits per heavy atom. The van der Waals surface area contributed by atoms with Crippen LogP contribution in [0.2, 0.25) is 5.02 Å². The molecule has 1 aromatic carbocycles. The lowest BCUT2D eigenvalue weighted by molar-refractivity contribution is 0.0991. The van der Waals surface area contributed by atoms with Crippen LogP contribution in [0.25, 0.3) is 0 Å². The Balaban J connectivity index is 1.66. The van der Waals surface area contributed by atoms with Crippen LogP contribution < -0.4 is 10.1 Å². The molecular weight excluding hydrogens is 363 g/mol. The number of nitrogens with one attached hydrogen (secondary N) is 1. The summed E-state index contributed by atoms with van der Waals surface area (Å²) in [5, 5.41) is 15.6. The Bertz CT molecular complexity index is 1010. The van der Waals surface area contributed by atoms with Crippen LogP contribution in [0.1, 0.15) is 21.9 Å². The smallest absolute Gasteiger partial charge is 0.292 e. The second kappa shape index (κ2) is 7.29. The molecular formula is C17H12ClFN4O3. The van der Waals surface area contributed by atoms with Crippen molar-refractivity contribution in [2.24, 2.45) is 7.05 Å². The van der Waals surface area contributed by atoms with Crippen molar-refractivity contribution in [2.45, 2.75) is 6.61 Å². The topological polar surface area (TPSA) is 93.1 Å². The number of rotatable bonds is 5. The molecule has 9 heteroatoms. The number of hydrogen-bond acceptors (Lipinski definition) is 5. The van der Waals surface area contributed by atoms with Crippen molar-refractivity contribution in [3.05, 3.63) is 64.5 Å². The van der Waals surface area contributed by atoms with Crippen LogP contribution in [0.4, 0.5) is 10.2 Å². The lowest BCUT2D eigenvalue weighted by Crippen LogP contribution is -2.14. The van der Waals surface area contributed by atoms with E-state index in [-0.39, 0.29) is 28.8 Å². The number of aryl methyl sites for hydroxylation is 1. The number of nitriles is 1. The summed E-state index contributed by atoms with van der Waals surface area (Å²) in [6.07, 6.45) is 1.35. The van der Waals surface area contributed by atoms with E-state index in [2.05, 4.69) is 10.4 Å². The molecule has 3 rings (SSSR count). The number of benzene rings is 1. The molecule has 0 aliphatic rings. The number of amides is 1. The summed E-state index contributed by atoms with van der Waals surface area (Å²) in [6, 6.07) is 8.75. The van der Waals surface area contributed by atoms with Crippen molar-refractivity contribution in [1.82, 2.24) is 9.78 Å². The SMILES string of the molecule is Cn1ncc(C#N)c1NC(=O)c1ccc(COc2ccc(F)cc2Cl)o1. The van der Waals surface area contributed by atoms with Crippen LogP contribution in [0.3, 0.4) is 0 Å². The van der Waals surface area contributed by atoms with Crippen molar-refractivity contribution in [3.8, 4) is 11.8 Å². The van der Waals surface area contributed by atoms with Gasteiger partial charge in [-0.25, -0.2) is 4.39 Å². The van der Waals surface area contributed by atoms with E-state index in [0.717, 1.165) is 6.07 Å². The van der Waals surface area contributed by atoms with E-state index in [1.54, 1.807) is 13.1 Å². The van der Waals surface area contributed by atoms with Gasteiger partial charge in [0.2, 0.25) is 0 Å². The normalized spacial score (nSPS) is 10.4. The van der Waals surface area contributed by atoms with Crippen molar-refractivity contribution in [2.75, 3.05) is 5.32 Å². The number of hydrogen-bond donors (Lipinski definition) is 1. The van der Waals surface area contributed by atoms with Crippen LogP contribution in [0, 0.1) is 17.1 Å². The first-order valence-corrected chi connectivity index (χ1v) is 7.75. The van der Waals surface area contributed by atoms with E-state index in [0.29, 0.717) is 11.5 Å². The lowest BCUT2D eigenvalue weighted by atomic mass is 10.3. The molecule has 0 radical (unpaired) electrons. The number of anilines is 1. The van der Waals surface area contributed by atoms with Crippen molar-refractivity contribution >= 4 is 23.3 Å². The number of ether oxygens (including phenoxy) is 1. The van der Waals surface area contributed by atoms with Gasteiger partial charge < -0.3 is 14.5 Å². The highest BCUT2D eigenvalue weighted by atomic mass is 35.5. The van der Waals surface area contributed by atoms with Crippen LogP contribution in [-0.2, 0) is 13.7 Å². The van der Waals surface area contributed by atoms with E-state index >= 15 is 0 Å². The summed E-state index contributed by atoms with van der Waals surface area (Å²) in [7, 11) is 1.60. The van der Waals surface area contributed by atoms with Gasteiger partial charge in [0.1, 0.15) is 41.4 Å². The fraction of sp³-hybridized carbons (Fsp3) is 0.118. The maximum Gasteiger partial charge on any atom is 0.292 e. The number of furan rings is 1. The molecule has 7 nitrogen and oxygen atoms in total. The summed E-state index contributed by atoms with van der Waals surface area (Å²) in [5.74, 6) is -0.0175. The zero-order valence-corrected chi connectivity index (χ0v) is 14.2. The van der Waals surface area contributed by atoms with Gasteiger partial charge in [0.15, 0.2) is 5.76 Å². The molecule has 0 aliphatic heterocycles. The molecule has 2 aromatic heterocycles. The molecule has 1 N–H and O–H groups in total. The quantitative estimate of drug-likeness (QED) is 0.737. The first-order chi connectivity index (χ1) is 12.5. The molecule has 0 atom stereocenters. The van der Waals surface area contributed by atoms with E-state index in [1.807, 2.05) is 6.07 Å². The molecule has 26 heavy (non-hydrogen) atoms. The first kappa shape index (κ1) is 17.5. The van der Waals surface area contributed by atoms with Crippen molar-refractivity contribution in [3.63, 3.8) is 0 Å². The molecule has 0 unspecified atom stereocenters. The molecule has 0 saturated heterocycles. The highest BCUT2D eigenvalue weighted by Crippen LogP contribution is 2.26. The summed E-state index contributed by atoms with van der Waals surface area (Å²) in [5.41, 5.74) is 0.238. The maximum absolute atomic E-state index is 13.0. The van der Waals surface area contributed by atoms with E-state index in [4.69, 9.17) is 26.0 Å². The van der Waals surface area contributed by atoms with Gasteiger partial charge >= 0.3 is 0 Å². The summed E-state index contributed by atoms with van der Waals surface area (Å²) >= 11 is 5.88. The van der Waals surface area contributed by atoms with Crippen molar-refractivity contribution in [1.29, 1.82) is 5.26 Å². The Morgan fingerprint density at radius 1 is 1.46 bits per heavy atom. The fourth-order valence-electron chi connectivity index (χ4n) is 2.16. The zero-order chi connectivity index (χ0) is 18.7. The van der Waals surface area contributed by atoms with E-state index < -0.39 is 11.7 Å². The standard InChI is InChI=1S/C17H12ClFN4O3/c1-23-16(10(7-20)8-21-23)22-17(24)15-5-3-12(26-15)9-25-14-4-2-11(19)6-13(14)18/h2-6,8H,9H2,1H3,(H,22,24). The third kappa shape index (κ3) is 3.68. The van der Waals surface area contributed by atoms with Gasteiger partial charge in [0.05, 0.1) is 11.2 Å². The lowest BCUT2D eigenvalue weighted by Gasteiger charge is -2.06. The Kier molecular flexibility index (Phi) is 4.91. The second-order valence-electron chi connectivity index (χ2n) is 5.23. The molecule has 1 amide bonds. The van der Waals surface area contributed by atoms with Gasteiger partial charge in [-0.1, -0.05) is 11.6 Å². The van der Waals surface area contributed by atoms with Gasteiger partial charge in [-0.2, -0.15) is 10.4 Å². The maximum atomic E-state index is 13.0. The summed E-state index contributed by atoms with van der Waals surface area (Å²) in [6.45, 7) is 0.00773. The Labute approximate surface area is 152 Å². The van der Waals surface area contributed by atoms with Crippen LogP contribution >= 0.6 is 11.6 Å². The first-order valence-electron chi connectivity index (χ1n) is 7.38. The summed E-state index contributed by atoms with van der Waals surface area (Å²) in [4.78, 5) is 12.3. The highest BCUT2D eigenvalue weighted by Gasteiger charge is 2.16. The minimum Gasteiger partial charge on any atom is -0.484 e. The molecule has 0 saturated carbocycles. The van der Waals surface area contributed by atoms with E-state index in [1.165, 1.54) is 29.1 Å². The monoisotopic (exact) mass is 374 g/mol. The summed E-state index contributed by atoms with van der Waals surface area (Å²) < 4.78 is 25.3. The van der Waals surface area contributed by atoms with Gasteiger partial charge in [-0.3, -0.25) is 9.48 Å². The van der Waals surface area contributed by atoms with Crippen LogP contribution in [0.15, 0.2) is 40.9 Å². The largest absolute Gasteiger partial charge is 0.484 e. The molecule has 2 heterocycles. The van der Waals surface area contributed by atoms with Crippen LogP contribution in [-0.4, -0.2) is 15.7 Å². The third-order valence-electron chi connectivity index (χ3n) is 3.44. The molecule has 0 spiro atoms. The predicted molar refractivity (Wildman–Crippen MR) is 90.3 cm³/mol. The number of carbonyl (C=O) groups excluding carboxylic acids is 1. The Morgan fingerprint density at radius 3 is 3.00 bits per heavy atom. The number of halogens is 2. The zero-order valence-electron chi connectivity index (χ0n) is 13.5. The average Bonchev–Trinajstić information content (AvgIpc) is 3.22. The highest BCUT2D eigenvalue weighted by molar-refractivity contribution is 6.32. The molecule has 0 fully saturated rings. The number of aromatic nitrogens is 2. The second-order valence-corrected chi connectivity index (χ2v) is 5.63. The molecule has 3 aromatic rings. The molecule has 0 aliphatic carbocycles. The van der Waals surface area contributed by atoms with Crippen molar-refractivity contribution < 1.29 is 18.3 Å². The van der Waals surface area contributed by atoms with Crippen LogP contribution in [0.5, 0.6) is 5.75 Å². The molecule has 0 bridgehead atoms. The number of nitrogens with zero attached hydrogens (tertiary/aromatic N) is 3. The minimum atomic E-state index is -0.531. The Hall–Kier alpha value is -3.31.